The van der Waals surface area contributed by atoms with Crippen LogP contribution in [-0.2, 0) is 16.0 Å². The number of nitrogens with one attached hydrogen (secondary N) is 2. The zero-order valence-corrected chi connectivity index (χ0v) is 18.6. The summed E-state index contributed by atoms with van der Waals surface area (Å²) < 4.78 is 26.2. The minimum absolute atomic E-state index is 0.0128. The molecule has 2 rings (SSSR count). The monoisotopic (exact) mass is 483 g/mol. The maximum absolute atomic E-state index is 13.1. The number of amides is 3. The highest BCUT2D eigenvalue weighted by Crippen LogP contribution is 2.20. The highest BCUT2D eigenvalue weighted by atomic mass is 19.3. The first-order valence-corrected chi connectivity index (χ1v) is 10.3. The van der Waals surface area contributed by atoms with Gasteiger partial charge in [0.05, 0.1) is 0 Å². The van der Waals surface area contributed by atoms with E-state index in [0.29, 0.717) is 18.9 Å². The summed E-state index contributed by atoms with van der Waals surface area (Å²) in [4.78, 5) is 34.9. The molecule has 0 aliphatic carbocycles. The normalized spacial score (nSPS) is 12.7. The van der Waals surface area contributed by atoms with E-state index in [9.17, 15) is 28.3 Å². The summed E-state index contributed by atoms with van der Waals surface area (Å²) in [6.07, 6.45) is -2.55. The molecule has 0 saturated carbocycles. The van der Waals surface area contributed by atoms with E-state index in [-0.39, 0.29) is 17.9 Å². The third-order valence-corrected chi connectivity index (χ3v) is 4.91. The SMILES string of the molecule is CC(O)(C(F)F)[C@H](NC(=O)c1ccc(C#CC#Cc2ccc(CCC(N)=O)cc2)cc1)C(=O)NO. The predicted octanol–water partition coefficient (Wildman–Crippen LogP) is 1.13. The topological polar surface area (TPSA) is 142 Å². The number of hydrogen-bond donors (Lipinski definition) is 5. The predicted molar refractivity (Wildman–Crippen MR) is 122 cm³/mol. The highest BCUT2D eigenvalue weighted by Gasteiger charge is 2.46. The Balaban J connectivity index is 2.04. The third-order valence-electron chi connectivity index (χ3n) is 4.91. The average Bonchev–Trinajstić information content (AvgIpc) is 2.84. The van der Waals surface area contributed by atoms with Crippen molar-refractivity contribution in [3.05, 3.63) is 70.8 Å². The Labute approximate surface area is 200 Å². The van der Waals surface area contributed by atoms with Crippen molar-refractivity contribution in [1.29, 1.82) is 0 Å². The lowest BCUT2D eigenvalue weighted by molar-refractivity contribution is -0.149. The molecule has 2 atom stereocenters. The largest absolute Gasteiger partial charge is 0.381 e. The lowest BCUT2D eigenvalue weighted by Crippen LogP contribution is -2.61. The van der Waals surface area contributed by atoms with Crippen LogP contribution in [0.5, 0.6) is 0 Å². The molecule has 182 valence electrons. The van der Waals surface area contributed by atoms with Gasteiger partial charge in [-0.05, 0) is 67.1 Å². The molecule has 0 aliphatic heterocycles. The summed E-state index contributed by atoms with van der Waals surface area (Å²) in [7, 11) is 0. The minimum atomic E-state index is -3.37. The zero-order chi connectivity index (χ0) is 26.0. The number of aryl methyl sites for hydroxylation is 1. The number of rotatable bonds is 8. The maximum atomic E-state index is 13.1. The van der Waals surface area contributed by atoms with Crippen LogP contribution in [-0.4, -0.2) is 46.1 Å². The van der Waals surface area contributed by atoms with E-state index in [1.54, 1.807) is 12.1 Å². The van der Waals surface area contributed by atoms with Gasteiger partial charge in [-0.25, -0.2) is 14.3 Å². The van der Waals surface area contributed by atoms with E-state index in [1.807, 2.05) is 17.4 Å². The first-order valence-electron chi connectivity index (χ1n) is 10.3. The molecular formula is C25H23F2N3O5. The molecule has 10 heteroatoms. The van der Waals surface area contributed by atoms with Crippen LogP contribution in [0.2, 0.25) is 0 Å². The number of alkyl halides is 2. The second kappa shape index (κ2) is 12.3. The van der Waals surface area contributed by atoms with Gasteiger partial charge in [0.25, 0.3) is 18.2 Å². The van der Waals surface area contributed by atoms with E-state index in [0.717, 1.165) is 16.6 Å². The average molecular weight is 483 g/mol. The van der Waals surface area contributed by atoms with Crippen LogP contribution in [0, 0.1) is 23.7 Å². The molecule has 35 heavy (non-hydrogen) atoms. The number of primary amides is 1. The van der Waals surface area contributed by atoms with Crippen LogP contribution in [0.1, 0.15) is 40.4 Å². The summed E-state index contributed by atoms with van der Waals surface area (Å²) in [5.41, 5.74) is 5.58. The van der Waals surface area contributed by atoms with Crippen LogP contribution >= 0.6 is 0 Å². The Morgan fingerprint density at radius 2 is 1.51 bits per heavy atom. The third kappa shape index (κ3) is 7.93. The molecule has 6 N–H and O–H groups in total. The van der Waals surface area contributed by atoms with Gasteiger partial charge in [0.1, 0.15) is 6.04 Å². The van der Waals surface area contributed by atoms with Gasteiger partial charge >= 0.3 is 0 Å². The van der Waals surface area contributed by atoms with Gasteiger partial charge in [0.2, 0.25) is 5.91 Å². The standard InChI is InChI=1S/C25H23F2N3O5/c1-25(34,24(26)27)21(23(33)30-35)29-22(32)19-13-10-17(11-14-19)5-3-2-4-16-6-8-18(9-7-16)12-15-20(28)31/h6-11,13-14,21,24,34-35H,12,15H2,1H3,(H2,28,31)(H,29,32)(H,30,33)/t21-,25?/m1/s1. The number of halogens is 2. The summed E-state index contributed by atoms with van der Waals surface area (Å²) in [5, 5.41) is 20.6. The molecular weight excluding hydrogens is 460 g/mol. The summed E-state index contributed by atoms with van der Waals surface area (Å²) in [6, 6.07) is 10.9. The molecule has 8 nitrogen and oxygen atoms in total. The number of nitrogens with two attached hydrogens (primary N) is 1. The quantitative estimate of drug-likeness (QED) is 0.217. The van der Waals surface area contributed by atoms with Gasteiger partial charge in [-0.2, -0.15) is 0 Å². The lowest BCUT2D eigenvalue weighted by Gasteiger charge is -2.30. The van der Waals surface area contributed by atoms with Gasteiger partial charge in [0, 0.05) is 23.1 Å². The molecule has 0 saturated heterocycles. The molecule has 0 spiro atoms. The van der Waals surface area contributed by atoms with Crippen molar-refractivity contribution < 1.29 is 33.5 Å². The smallest absolute Gasteiger partial charge is 0.269 e. The maximum Gasteiger partial charge on any atom is 0.269 e. The Morgan fingerprint density at radius 3 is 1.97 bits per heavy atom. The van der Waals surface area contributed by atoms with Crippen LogP contribution in [0.3, 0.4) is 0 Å². The molecule has 1 unspecified atom stereocenters. The number of hydrogen-bond acceptors (Lipinski definition) is 5. The van der Waals surface area contributed by atoms with E-state index in [1.165, 1.54) is 24.3 Å². The number of carbonyl (C=O) groups is 3. The number of hydroxylamine groups is 1. The lowest BCUT2D eigenvalue weighted by atomic mass is 9.95. The van der Waals surface area contributed by atoms with E-state index >= 15 is 0 Å². The van der Waals surface area contributed by atoms with Crippen molar-refractivity contribution in [3.8, 4) is 23.7 Å². The van der Waals surface area contributed by atoms with Gasteiger partial charge in [-0.3, -0.25) is 19.6 Å². The fourth-order valence-electron chi connectivity index (χ4n) is 2.82. The Hall–Kier alpha value is -4.25. The first-order chi connectivity index (χ1) is 16.5. The number of benzene rings is 2. The Kier molecular flexibility index (Phi) is 9.47. The second-order valence-corrected chi connectivity index (χ2v) is 7.65. The molecule has 0 heterocycles. The molecule has 2 aromatic carbocycles. The number of carbonyl (C=O) groups excluding carboxylic acids is 3. The van der Waals surface area contributed by atoms with Gasteiger partial charge in [-0.1, -0.05) is 24.0 Å². The van der Waals surface area contributed by atoms with Crippen LogP contribution in [0.15, 0.2) is 48.5 Å². The van der Waals surface area contributed by atoms with Gasteiger partial charge in [0.15, 0.2) is 5.60 Å². The Morgan fingerprint density at radius 1 is 1.00 bits per heavy atom. The van der Waals surface area contributed by atoms with Crippen LogP contribution < -0.4 is 16.5 Å². The fourth-order valence-corrected chi connectivity index (χ4v) is 2.82. The summed E-state index contributed by atoms with van der Waals surface area (Å²) in [5.74, 6) is 8.35. The summed E-state index contributed by atoms with van der Waals surface area (Å²) >= 11 is 0. The molecule has 0 aliphatic rings. The van der Waals surface area contributed by atoms with Gasteiger partial charge < -0.3 is 16.2 Å². The van der Waals surface area contributed by atoms with E-state index in [4.69, 9.17) is 10.9 Å². The van der Waals surface area contributed by atoms with Crippen LogP contribution in [0.4, 0.5) is 8.78 Å². The highest BCUT2D eigenvalue weighted by molar-refractivity contribution is 5.97. The van der Waals surface area contributed by atoms with Crippen molar-refractivity contribution in [3.63, 3.8) is 0 Å². The van der Waals surface area contributed by atoms with Crippen molar-refractivity contribution in [2.45, 2.75) is 37.8 Å². The van der Waals surface area contributed by atoms with Crippen molar-refractivity contribution in [2.75, 3.05) is 0 Å². The minimum Gasteiger partial charge on any atom is -0.381 e. The first kappa shape index (κ1) is 27.0. The molecule has 0 fully saturated rings. The summed E-state index contributed by atoms with van der Waals surface area (Å²) in [6.45, 7) is 0.663. The van der Waals surface area contributed by atoms with E-state index in [2.05, 4.69) is 23.7 Å². The molecule has 0 aromatic heterocycles. The van der Waals surface area contributed by atoms with Crippen molar-refractivity contribution in [2.24, 2.45) is 5.73 Å². The second-order valence-electron chi connectivity index (χ2n) is 7.65. The number of aliphatic hydroxyl groups is 1. The fraction of sp³-hybridized carbons (Fsp3) is 0.240. The van der Waals surface area contributed by atoms with Crippen LogP contribution in [0.25, 0.3) is 0 Å². The Bertz CT molecular complexity index is 1190. The molecule has 0 bridgehead atoms. The molecule has 0 radical (unpaired) electrons. The zero-order valence-electron chi connectivity index (χ0n) is 18.6. The molecule has 3 amide bonds. The van der Waals surface area contributed by atoms with Gasteiger partial charge in [-0.15, -0.1) is 0 Å². The van der Waals surface area contributed by atoms with Crippen molar-refractivity contribution in [1.82, 2.24) is 10.8 Å². The molecule has 2 aromatic rings. The van der Waals surface area contributed by atoms with E-state index < -0.39 is 29.9 Å². The van der Waals surface area contributed by atoms with Crippen molar-refractivity contribution >= 4 is 17.7 Å².